The minimum Gasteiger partial charge on any atom is -0.466 e. The fourth-order valence-electron chi connectivity index (χ4n) is 2.46. The van der Waals surface area contributed by atoms with E-state index in [9.17, 15) is 18.0 Å². The molecule has 1 aromatic rings. The molecular weight excluding hydrogens is 292 g/mol. The molecule has 0 unspecified atom stereocenters. The predicted octanol–water partition coefficient (Wildman–Crippen LogP) is 1.47. The molecule has 1 aromatic carbocycles. The third-order valence-electron chi connectivity index (χ3n) is 3.43. The summed E-state index contributed by atoms with van der Waals surface area (Å²) in [4.78, 5) is 23.0. The van der Waals surface area contributed by atoms with Crippen LogP contribution in [-0.4, -0.2) is 32.5 Å². The lowest BCUT2D eigenvalue weighted by atomic mass is 10.1. The van der Waals surface area contributed by atoms with Crippen molar-refractivity contribution in [1.82, 2.24) is 0 Å². The third-order valence-corrected chi connectivity index (χ3v) is 5.10. The van der Waals surface area contributed by atoms with E-state index in [1.165, 1.54) is 11.6 Å². The van der Waals surface area contributed by atoms with Crippen LogP contribution in [0.1, 0.15) is 30.9 Å². The number of ketones is 1. The molecule has 5 nitrogen and oxygen atoms in total. The number of carbonyl (C=O) groups excluding carboxylic acids is 2. The van der Waals surface area contributed by atoms with Crippen LogP contribution in [0.15, 0.2) is 23.1 Å². The second-order valence-corrected chi connectivity index (χ2v) is 7.05. The number of sulfone groups is 1. The van der Waals surface area contributed by atoms with Crippen LogP contribution in [0.3, 0.4) is 0 Å². The van der Waals surface area contributed by atoms with Gasteiger partial charge in [-0.2, -0.15) is 0 Å². The number of ether oxygens (including phenoxy) is 1. The van der Waals surface area contributed by atoms with Crippen molar-refractivity contribution in [3.8, 4) is 0 Å². The van der Waals surface area contributed by atoms with Crippen molar-refractivity contribution in [2.75, 3.05) is 12.4 Å². The molecule has 0 saturated heterocycles. The molecule has 21 heavy (non-hydrogen) atoms. The highest BCUT2D eigenvalue weighted by Crippen LogP contribution is 2.25. The van der Waals surface area contributed by atoms with Gasteiger partial charge in [0, 0.05) is 0 Å². The summed E-state index contributed by atoms with van der Waals surface area (Å²) in [5.41, 5.74) is 2.21. The second-order valence-electron chi connectivity index (χ2n) is 5.06. The summed E-state index contributed by atoms with van der Waals surface area (Å²) in [5, 5.41) is 0. The first-order valence-corrected chi connectivity index (χ1v) is 8.59. The monoisotopic (exact) mass is 310 g/mol. The molecule has 0 N–H and O–H groups in total. The van der Waals surface area contributed by atoms with Crippen molar-refractivity contribution >= 4 is 21.6 Å². The van der Waals surface area contributed by atoms with Gasteiger partial charge < -0.3 is 4.74 Å². The van der Waals surface area contributed by atoms with E-state index < -0.39 is 33.8 Å². The lowest BCUT2D eigenvalue weighted by molar-refractivity contribution is -0.145. The van der Waals surface area contributed by atoms with Crippen molar-refractivity contribution in [2.45, 2.75) is 37.5 Å². The van der Waals surface area contributed by atoms with Crippen LogP contribution >= 0.6 is 0 Å². The number of benzene rings is 1. The SMILES string of the molecule is CCOC(=O)CC(=O)CS(=O)(=O)c1ccc2c(c1)CCC2. The molecule has 2 rings (SSSR count). The van der Waals surface area contributed by atoms with Gasteiger partial charge in [0.25, 0.3) is 0 Å². The Morgan fingerprint density at radius 3 is 2.62 bits per heavy atom. The van der Waals surface area contributed by atoms with E-state index in [-0.39, 0.29) is 11.5 Å². The van der Waals surface area contributed by atoms with Crippen LogP contribution in [0.2, 0.25) is 0 Å². The van der Waals surface area contributed by atoms with Gasteiger partial charge in [-0.15, -0.1) is 0 Å². The summed E-state index contributed by atoms with van der Waals surface area (Å²) in [5.74, 6) is -1.99. The third kappa shape index (κ3) is 3.91. The number of carbonyl (C=O) groups is 2. The topological polar surface area (TPSA) is 77.5 Å². The average Bonchev–Trinajstić information content (AvgIpc) is 2.84. The summed E-state index contributed by atoms with van der Waals surface area (Å²) in [6, 6.07) is 5.00. The molecule has 0 fully saturated rings. The molecule has 6 heteroatoms. The van der Waals surface area contributed by atoms with Crippen LogP contribution < -0.4 is 0 Å². The van der Waals surface area contributed by atoms with E-state index in [4.69, 9.17) is 0 Å². The number of hydrogen-bond donors (Lipinski definition) is 0. The van der Waals surface area contributed by atoms with Crippen molar-refractivity contribution in [3.63, 3.8) is 0 Å². The Hall–Kier alpha value is -1.69. The molecule has 0 radical (unpaired) electrons. The molecule has 0 saturated carbocycles. The summed E-state index contributed by atoms with van der Waals surface area (Å²) < 4.78 is 29.1. The highest BCUT2D eigenvalue weighted by atomic mass is 32.2. The van der Waals surface area contributed by atoms with E-state index >= 15 is 0 Å². The van der Waals surface area contributed by atoms with Crippen LogP contribution in [0.5, 0.6) is 0 Å². The molecule has 0 spiro atoms. The molecule has 0 aliphatic heterocycles. The molecule has 0 heterocycles. The van der Waals surface area contributed by atoms with Crippen LogP contribution in [0, 0.1) is 0 Å². The molecule has 1 aliphatic carbocycles. The Labute approximate surface area is 124 Å². The Balaban J connectivity index is 2.08. The van der Waals surface area contributed by atoms with Gasteiger partial charge in [0.1, 0.15) is 12.2 Å². The van der Waals surface area contributed by atoms with Crippen molar-refractivity contribution in [2.24, 2.45) is 0 Å². The van der Waals surface area contributed by atoms with Gasteiger partial charge in [0.05, 0.1) is 11.5 Å². The first kappa shape index (κ1) is 15.7. The highest BCUT2D eigenvalue weighted by Gasteiger charge is 2.23. The first-order valence-electron chi connectivity index (χ1n) is 6.94. The van der Waals surface area contributed by atoms with Crippen molar-refractivity contribution in [1.29, 1.82) is 0 Å². The standard InChI is InChI=1S/C15H18O5S/c1-2-20-15(17)9-13(16)10-21(18,19)14-7-6-11-4-3-5-12(11)8-14/h6-8H,2-5,9-10H2,1H3. The number of rotatable bonds is 6. The summed E-state index contributed by atoms with van der Waals surface area (Å²) in [7, 11) is -3.70. The Morgan fingerprint density at radius 1 is 1.19 bits per heavy atom. The number of fused-ring (bicyclic) bond motifs is 1. The minimum absolute atomic E-state index is 0.153. The Bertz CT molecular complexity index is 661. The zero-order chi connectivity index (χ0) is 15.5. The minimum atomic E-state index is -3.70. The molecule has 0 amide bonds. The molecule has 0 aromatic heterocycles. The van der Waals surface area contributed by atoms with E-state index in [0.717, 1.165) is 24.8 Å². The molecule has 0 atom stereocenters. The highest BCUT2D eigenvalue weighted by molar-refractivity contribution is 7.92. The van der Waals surface area contributed by atoms with Crippen molar-refractivity contribution < 1.29 is 22.7 Å². The van der Waals surface area contributed by atoms with Gasteiger partial charge >= 0.3 is 5.97 Å². The predicted molar refractivity (Wildman–Crippen MR) is 76.8 cm³/mol. The zero-order valence-corrected chi connectivity index (χ0v) is 12.7. The van der Waals surface area contributed by atoms with Crippen LogP contribution in [0.4, 0.5) is 0 Å². The molecule has 0 bridgehead atoms. The smallest absolute Gasteiger partial charge is 0.313 e. The lowest BCUT2D eigenvalue weighted by Gasteiger charge is -2.06. The fraction of sp³-hybridized carbons (Fsp3) is 0.467. The number of aryl methyl sites for hydroxylation is 2. The average molecular weight is 310 g/mol. The number of esters is 1. The van der Waals surface area contributed by atoms with Gasteiger partial charge in [-0.3, -0.25) is 9.59 Å². The molecular formula is C15H18O5S. The summed E-state index contributed by atoms with van der Waals surface area (Å²) in [6.45, 7) is 1.80. The van der Waals surface area contributed by atoms with Crippen LogP contribution in [-0.2, 0) is 37.0 Å². The van der Waals surface area contributed by atoms with Gasteiger partial charge in [-0.1, -0.05) is 6.07 Å². The lowest BCUT2D eigenvalue weighted by Crippen LogP contribution is -2.20. The molecule has 114 valence electrons. The Kier molecular flexibility index (Phi) is 4.77. The first-order chi connectivity index (χ1) is 9.92. The van der Waals surface area contributed by atoms with Gasteiger partial charge in [-0.05, 0) is 49.4 Å². The maximum Gasteiger partial charge on any atom is 0.313 e. The number of hydrogen-bond acceptors (Lipinski definition) is 5. The zero-order valence-electron chi connectivity index (χ0n) is 11.9. The second kappa shape index (κ2) is 6.39. The van der Waals surface area contributed by atoms with Crippen LogP contribution in [0.25, 0.3) is 0 Å². The fourth-order valence-corrected chi connectivity index (χ4v) is 3.75. The maximum absolute atomic E-state index is 12.2. The van der Waals surface area contributed by atoms with Gasteiger partial charge in [-0.25, -0.2) is 8.42 Å². The molecule has 1 aliphatic rings. The van der Waals surface area contributed by atoms with E-state index in [2.05, 4.69) is 4.74 Å². The summed E-state index contributed by atoms with van der Waals surface area (Å²) in [6.07, 6.45) is 2.37. The normalized spacial score (nSPS) is 13.8. The van der Waals surface area contributed by atoms with Crippen molar-refractivity contribution in [3.05, 3.63) is 29.3 Å². The Morgan fingerprint density at radius 2 is 1.90 bits per heavy atom. The quantitative estimate of drug-likeness (QED) is 0.587. The number of Topliss-reactive ketones (excluding diaryl/α,β-unsaturated/α-hetero) is 1. The van der Waals surface area contributed by atoms with E-state index in [1.54, 1.807) is 13.0 Å². The summed E-state index contributed by atoms with van der Waals surface area (Å²) >= 11 is 0. The van der Waals surface area contributed by atoms with Gasteiger partial charge in [0.2, 0.25) is 0 Å². The van der Waals surface area contributed by atoms with E-state index in [0.29, 0.717) is 0 Å². The van der Waals surface area contributed by atoms with E-state index in [1.807, 2.05) is 6.07 Å². The van der Waals surface area contributed by atoms with Gasteiger partial charge in [0.15, 0.2) is 15.6 Å². The largest absolute Gasteiger partial charge is 0.466 e. The maximum atomic E-state index is 12.2.